The summed E-state index contributed by atoms with van der Waals surface area (Å²) in [5.41, 5.74) is 12.1. The Morgan fingerprint density at radius 1 is 1.13 bits per heavy atom. The van der Waals surface area contributed by atoms with Gasteiger partial charge in [0.05, 0.1) is 23.2 Å². The fraction of sp³-hybridized carbons (Fsp3) is 0.333. The Morgan fingerprint density at radius 2 is 1.93 bits per heavy atom. The second-order valence-electron chi connectivity index (χ2n) is 7.74. The first-order chi connectivity index (χ1) is 14.4. The average Bonchev–Trinajstić information content (AvgIpc) is 2.75. The van der Waals surface area contributed by atoms with Gasteiger partial charge < -0.3 is 10.8 Å². The molecule has 0 fully saturated rings. The van der Waals surface area contributed by atoms with Crippen LogP contribution in [0.3, 0.4) is 0 Å². The lowest BCUT2D eigenvalue weighted by molar-refractivity contribution is 0.0848. The summed E-state index contributed by atoms with van der Waals surface area (Å²) in [6, 6.07) is 11.5. The molecule has 0 radical (unpaired) electrons. The predicted octanol–water partition coefficient (Wildman–Crippen LogP) is 5.08. The van der Waals surface area contributed by atoms with E-state index in [2.05, 4.69) is 4.98 Å². The van der Waals surface area contributed by atoms with Crippen molar-refractivity contribution in [1.82, 2.24) is 9.97 Å². The Hall–Kier alpha value is -1.98. The van der Waals surface area contributed by atoms with Gasteiger partial charge in [0.25, 0.3) is 0 Å². The molecule has 6 heteroatoms. The van der Waals surface area contributed by atoms with Gasteiger partial charge in [0.1, 0.15) is 5.54 Å². The Morgan fingerprint density at radius 3 is 2.63 bits per heavy atom. The predicted molar refractivity (Wildman–Crippen MR) is 122 cm³/mol. The van der Waals surface area contributed by atoms with Crippen LogP contribution >= 0.6 is 23.2 Å². The monoisotopic (exact) mass is 441 g/mol. The number of aryl methyl sites for hydroxylation is 2. The van der Waals surface area contributed by atoms with E-state index in [0.717, 1.165) is 40.1 Å². The van der Waals surface area contributed by atoms with Crippen molar-refractivity contribution in [3.8, 4) is 11.1 Å². The van der Waals surface area contributed by atoms with Crippen molar-refractivity contribution in [3.05, 3.63) is 80.8 Å². The molecule has 0 bridgehead atoms. The molecular formula is C24H25Cl2N3O. The highest BCUT2D eigenvalue weighted by Crippen LogP contribution is 2.44. The minimum absolute atomic E-state index is 0.535. The molecular weight excluding hydrogens is 417 g/mol. The van der Waals surface area contributed by atoms with Gasteiger partial charge in [-0.05, 0) is 54.5 Å². The van der Waals surface area contributed by atoms with Crippen LogP contribution < -0.4 is 5.73 Å². The molecule has 0 amide bonds. The lowest BCUT2D eigenvalue weighted by Crippen LogP contribution is -2.53. The molecule has 4 nitrogen and oxygen atoms in total. The highest BCUT2D eigenvalue weighted by atomic mass is 35.5. The number of fused-ring (bicyclic) bond motifs is 1. The molecule has 30 heavy (non-hydrogen) atoms. The Kier molecular flexibility index (Phi) is 5.86. The van der Waals surface area contributed by atoms with Gasteiger partial charge in [-0.2, -0.15) is 0 Å². The summed E-state index contributed by atoms with van der Waals surface area (Å²) < 4.78 is 0. The van der Waals surface area contributed by atoms with Crippen molar-refractivity contribution in [2.75, 3.05) is 0 Å². The van der Waals surface area contributed by atoms with Crippen LogP contribution in [-0.4, -0.2) is 21.2 Å². The fourth-order valence-corrected chi connectivity index (χ4v) is 4.90. The average molecular weight is 442 g/mol. The van der Waals surface area contributed by atoms with Crippen LogP contribution in [0.4, 0.5) is 0 Å². The number of rotatable bonds is 4. The van der Waals surface area contributed by atoms with Crippen LogP contribution in [0.15, 0.2) is 42.6 Å². The third-order valence-corrected chi connectivity index (χ3v) is 6.57. The normalized spacial score (nSPS) is 20.8. The summed E-state index contributed by atoms with van der Waals surface area (Å²) in [4.78, 5) is 9.46. The number of nitrogens with two attached hydrogens (primary N) is 1. The molecule has 4 rings (SSSR count). The van der Waals surface area contributed by atoms with Gasteiger partial charge in [-0.1, -0.05) is 61.3 Å². The molecule has 1 aromatic heterocycles. The van der Waals surface area contributed by atoms with E-state index in [9.17, 15) is 5.11 Å². The molecule has 0 aliphatic heterocycles. The lowest BCUT2D eigenvalue weighted by Gasteiger charge is -2.41. The second-order valence-corrected chi connectivity index (χ2v) is 8.59. The molecule has 156 valence electrons. The summed E-state index contributed by atoms with van der Waals surface area (Å²) in [7, 11) is 0. The highest BCUT2D eigenvalue weighted by molar-refractivity contribution is 6.36. The van der Waals surface area contributed by atoms with Gasteiger partial charge in [-0.3, -0.25) is 9.97 Å². The first-order valence-corrected chi connectivity index (χ1v) is 11.1. The van der Waals surface area contributed by atoms with Gasteiger partial charge in [-0.25, -0.2) is 0 Å². The zero-order chi connectivity index (χ0) is 21.5. The maximum Gasteiger partial charge on any atom is 0.112 e. The van der Waals surface area contributed by atoms with Crippen LogP contribution in [0.5, 0.6) is 0 Å². The Labute approximate surface area is 187 Å². The zero-order valence-corrected chi connectivity index (χ0v) is 18.6. The fourth-order valence-electron chi connectivity index (χ4n) is 4.39. The molecule has 2 atom stereocenters. The third-order valence-electron chi connectivity index (χ3n) is 6.02. The van der Waals surface area contributed by atoms with Crippen LogP contribution in [0, 0.1) is 0 Å². The summed E-state index contributed by atoms with van der Waals surface area (Å²) >= 11 is 12.6. The number of hydrogen-bond donors (Lipinski definition) is 2. The topological polar surface area (TPSA) is 72.0 Å². The molecule has 0 saturated heterocycles. The maximum absolute atomic E-state index is 11.1. The van der Waals surface area contributed by atoms with E-state index in [4.69, 9.17) is 33.9 Å². The summed E-state index contributed by atoms with van der Waals surface area (Å²) in [6.45, 7) is 4.07. The van der Waals surface area contributed by atoms with Crippen LogP contribution in [-0.2, 0) is 24.8 Å². The largest absolute Gasteiger partial charge is 0.390 e. The zero-order valence-electron chi connectivity index (χ0n) is 17.1. The molecule has 3 N–H and O–H groups in total. The molecule has 2 aromatic carbocycles. The lowest BCUT2D eigenvalue weighted by atomic mass is 9.70. The minimum atomic E-state index is -1.13. The van der Waals surface area contributed by atoms with Crippen LogP contribution in [0.1, 0.15) is 48.5 Å². The number of aliphatic hydroxyl groups is 1. The summed E-state index contributed by atoms with van der Waals surface area (Å²) in [5.74, 6) is 0. The number of aliphatic hydroxyl groups excluding tert-OH is 1. The van der Waals surface area contributed by atoms with E-state index in [1.807, 2.05) is 44.2 Å². The van der Waals surface area contributed by atoms with Crippen molar-refractivity contribution in [1.29, 1.82) is 0 Å². The number of hydrogen-bond acceptors (Lipinski definition) is 4. The third kappa shape index (κ3) is 3.42. The Balaban J connectivity index is 1.97. The number of benzene rings is 2. The van der Waals surface area contributed by atoms with Crippen molar-refractivity contribution < 1.29 is 5.11 Å². The molecule has 2 unspecified atom stereocenters. The molecule has 3 aromatic rings. The first-order valence-electron chi connectivity index (χ1n) is 10.3. The minimum Gasteiger partial charge on any atom is -0.390 e. The number of nitrogens with zero attached hydrogens (tertiary/aromatic N) is 2. The second kappa shape index (κ2) is 8.27. The van der Waals surface area contributed by atoms with Crippen LogP contribution in [0.2, 0.25) is 10.0 Å². The van der Waals surface area contributed by atoms with E-state index in [0.29, 0.717) is 35.0 Å². The smallest absolute Gasteiger partial charge is 0.112 e. The molecule has 0 spiro atoms. The molecule has 1 aliphatic carbocycles. The molecule has 1 heterocycles. The number of aromatic nitrogens is 2. The van der Waals surface area contributed by atoms with E-state index in [-0.39, 0.29) is 0 Å². The number of halogens is 2. The van der Waals surface area contributed by atoms with Crippen LogP contribution in [0.25, 0.3) is 11.1 Å². The van der Waals surface area contributed by atoms with E-state index < -0.39 is 11.6 Å². The van der Waals surface area contributed by atoms with Gasteiger partial charge in [-0.15, -0.1) is 0 Å². The van der Waals surface area contributed by atoms with Crippen molar-refractivity contribution in [2.24, 2.45) is 5.73 Å². The van der Waals surface area contributed by atoms with Crippen molar-refractivity contribution in [3.63, 3.8) is 0 Å². The highest BCUT2D eigenvalue weighted by Gasteiger charge is 2.45. The standard InChI is InChI=1S/C24H25Cl2N3O/c1-3-15-13-28-21(4-2)23(29-15)24(27)19-7-5-6-16(17(19)10-11-22(24)30)18-9-8-14(25)12-20(18)26/h5-9,12-13,22,30H,3-4,10-11,27H2,1-2H3. The quantitative estimate of drug-likeness (QED) is 0.591. The van der Waals surface area contributed by atoms with Crippen molar-refractivity contribution in [2.45, 2.75) is 51.2 Å². The Bertz CT molecular complexity index is 1100. The maximum atomic E-state index is 11.1. The van der Waals surface area contributed by atoms with Gasteiger partial charge in [0.15, 0.2) is 0 Å². The van der Waals surface area contributed by atoms with Gasteiger partial charge in [0, 0.05) is 21.8 Å². The van der Waals surface area contributed by atoms with Gasteiger partial charge in [0.2, 0.25) is 0 Å². The van der Waals surface area contributed by atoms with E-state index >= 15 is 0 Å². The first kappa shape index (κ1) is 21.3. The van der Waals surface area contributed by atoms with E-state index in [1.54, 1.807) is 12.3 Å². The van der Waals surface area contributed by atoms with Crippen molar-refractivity contribution >= 4 is 23.2 Å². The SMILES string of the molecule is CCc1cnc(CC)c(C2(N)c3cccc(-c4ccc(Cl)cc4Cl)c3CCC2O)n1. The molecule has 1 aliphatic rings. The van der Waals surface area contributed by atoms with E-state index in [1.165, 1.54) is 0 Å². The summed E-state index contributed by atoms with van der Waals surface area (Å²) in [5, 5.41) is 12.3. The summed E-state index contributed by atoms with van der Waals surface area (Å²) in [6.07, 6.45) is 3.72. The molecule has 0 saturated carbocycles. The van der Waals surface area contributed by atoms with Gasteiger partial charge >= 0.3 is 0 Å².